The normalized spacial score (nSPS) is 18.5. The summed E-state index contributed by atoms with van der Waals surface area (Å²) in [6, 6.07) is 3.99. The number of aromatic nitrogens is 1. The van der Waals surface area contributed by atoms with Crippen LogP contribution < -0.4 is 4.90 Å². The Kier molecular flexibility index (Phi) is 4.68. The predicted octanol–water partition coefficient (Wildman–Crippen LogP) is 2.01. The molecule has 1 aliphatic heterocycles. The molecular weight excluding hydrogens is 284 g/mol. The molecule has 0 amide bonds. The van der Waals surface area contributed by atoms with Gasteiger partial charge in [-0.1, -0.05) is 13.3 Å². The van der Waals surface area contributed by atoms with Gasteiger partial charge in [-0.2, -0.15) is 0 Å². The van der Waals surface area contributed by atoms with E-state index in [4.69, 9.17) is 11.6 Å². The maximum Gasteiger partial charge on any atom is 0.153 e. The summed E-state index contributed by atoms with van der Waals surface area (Å²) in [6.45, 7) is 3.15. The molecule has 0 unspecified atom stereocenters. The molecule has 6 heteroatoms. The van der Waals surface area contributed by atoms with Crippen molar-refractivity contribution in [3.05, 3.63) is 23.4 Å². The summed E-state index contributed by atoms with van der Waals surface area (Å²) in [5, 5.41) is 0. The first-order chi connectivity index (χ1) is 9.04. The van der Waals surface area contributed by atoms with E-state index < -0.39 is 9.84 Å². The van der Waals surface area contributed by atoms with Crippen LogP contribution in [-0.2, 0) is 22.1 Å². The monoisotopic (exact) mass is 302 g/mol. The second-order valence-corrected chi connectivity index (χ2v) is 7.42. The van der Waals surface area contributed by atoms with Gasteiger partial charge in [-0.15, -0.1) is 11.6 Å². The maximum atomic E-state index is 11.5. The maximum absolute atomic E-state index is 11.5. The van der Waals surface area contributed by atoms with Gasteiger partial charge in [0.25, 0.3) is 0 Å². The van der Waals surface area contributed by atoms with Crippen molar-refractivity contribution in [1.82, 2.24) is 4.98 Å². The van der Waals surface area contributed by atoms with Crippen molar-refractivity contribution in [2.75, 3.05) is 29.5 Å². The fourth-order valence-corrected chi connectivity index (χ4v) is 3.55. The molecule has 0 radical (unpaired) electrons. The van der Waals surface area contributed by atoms with Crippen molar-refractivity contribution in [2.24, 2.45) is 0 Å². The Hall–Kier alpha value is -0.810. The highest BCUT2D eigenvalue weighted by molar-refractivity contribution is 7.91. The zero-order valence-corrected chi connectivity index (χ0v) is 12.7. The number of pyridine rings is 1. The molecule has 1 saturated heterocycles. The van der Waals surface area contributed by atoms with E-state index in [0.29, 0.717) is 19.0 Å². The molecule has 0 N–H and O–H groups in total. The molecule has 1 aliphatic rings. The topological polar surface area (TPSA) is 50.3 Å². The first-order valence-corrected chi connectivity index (χ1v) is 8.91. The van der Waals surface area contributed by atoms with Gasteiger partial charge in [0, 0.05) is 24.7 Å². The lowest BCUT2D eigenvalue weighted by Gasteiger charge is -2.28. The van der Waals surface area contributed by atoms with Gasteiger partial charge in [-0.05, 0) is 24.1 Å². The molecule has 106 valence electrons. The van der Waals surface area contributed by atoms with Gasteiger partial charge in [-0.3, -0.25) is 0 Å². The lowest BCUT2D eigenvalue weighted by Crippen LogP contribution is -2.40. The summed E-state index contributed by atoms with van der Waals surface area (Å²) in [6.07, 6.45) is 1.95. The minimum atomic E-state index is -2.86. The summed E-state index contributed by atoms with van der Waals surface area (Å²) < 4.78 is 22.9. The number of hydrogen-bond donors (Lipinski definition) is 0. The van der Waals surface area contributed by atoms with E-state index in [1.54, 1.807) is 0 Å². The Morgan fingerprint density at radius 2 is 2.00 bits per heavy atom. The van der Waals surface area contributed by atoms with Crippen LogP contribution in [0.15, 0.2) is 12.1 Å². The minimum Gasteiger partial charge on any atom is -0.355 e. The van der Waals surface area contributed by atoms with Crippen molar-refractivity contribution in [3.8, 4) is 0 Å². The number of rotatable bonds is 4. The molecular formula is C13H19ClN2O2S. The van der Waals surface area contributed by atoms with Gasteiger partial charge in [-0.25, -0.2) is 13.4 Å². The van der Waals surface area contributed by atoms with E-state index in [2.05, 4.69) is 11.9 Å². The first-order valence-electron chi connectivity index (χ1n) is 6.55. The van der Waals surface area contributed by atoms with Crippen LogP contribution in [0.5, 0.6) is 0 Å². The van der Waals surface area contributed by atoms with Crippen LogP contribution in [0.25, 0.3) is 0 Å². The SMILES string of the molecule is CCCc1cc(CCl)cc(N2CCS(=O)(=O)CC2)n1. The molecule has 0 aromatic carbocycles. The van der Waals surface area contributed by atoms with E-state index in [1.165, 1.54) is 0 Å². The molecule has 19 heavy (non-hydrogen) atoms. The van der Waals surface area contributed by atoms with Gasteiger partial charge >= 0.3 is 0 Å². The highest BCUT2D eigenvalue weighted by Gasteiger charge is 2.22. The fraction of sp³-hybridized carbons (Fsp3) is 0.615. The number of hydrogen-bond acceptors (Lipinski definition) is 4. The average Bonchev–Trinajstić information content (AvgIpc) is 2.38. The highest BCUT2D eigenvalue weighted by Crippen LogP contribution is 2.19. The second kappa shape index (κ2) is 6.09. The van der Waals surface area contributed by atoms with Gasteiger partial charge in [0.1, 0.15) is 5.82 Å². The van der Waals surface area contributed by atoms with E-state index >= 15 is 0 Å². The number of halogens is 1. The summed E-state index contributed by atoms with van der Waals surface area (Å²) >= 11 is 5.91. The zero-order chi connectivity index (χ0) is 13.9. The highest BCUT2D eigenvalue weighted by atomic mass is 35.5. The van der Waals surface area contributed by atoms with Gasteiger partial charge < -0.3 is 4.90 Å². The van der Waals surface area contributed by atoms with Crippen LogP contribution >= 0.6 is 11.6 Å². The third-order valence-electron chi connectivity index (χ3n) is 3.25. The molecule has 2 heterocycles. The van der Waals surface area contributed by atoms with Crippen molar-refractivity contribution in [1.29, 1.82) is 0 Å². The Morgan fingerprint density at radius 3 is 2.58 bits per heavy atom. The third-order valence-corrected chi connectivity index (χ3v) is 5.17. The zero-order valence-electron chi connectivity index (χ0n) is 11.1. The average molecular weight is 303 g/mol. The smallest absolute Gasteiger partial charge is 0.153 e. The molecule has 1 aromatic heterocycles. The van der Waals surface area contributed by atoms with Crippen LogP contribution in [0.3, 0.4) is 0 Å². The number of alkyl halides is 1. The molecule has 1 aromatic rings. The van der Waals surface area contributed by atoms with E-state index in [0.717, 1.165) is 29.9 Å². The van der Waals surface area contributed by atoms with Gasteiger partial charge in [0.2, 0.25) is 0 Å². The second-order valence-electron chi connectivity index (χ2n) is 4.85. The summed E-state index contributed by atoms with van der Waals surface area (Å²) in [5.41, 5.74) is 2.08. The number of sulfone groups is 1. The Bertz CT molecular complexity index is 532. The lowest BCUT2D eigenvalue weighted by atomic mass is 10.1. The Labute approximate surface area is 119 Å². The quantitative estimate of drug-likeness (QED) is 0.798. The molecule has 0 spiro atoms. The molecule has 1 fully saturated rings. The summed E-state index contributed by atoms with van der Waals surface area (Å²) in [5.74, 6) is 1.74. The summed E-state index contributed by atoms with van der Waals surface area (Å²) in [7, 11) is -2.86. The van der Waals surface area contributed by atoms with E-state index in [9.17, 15) is 8.42 Å². The Balaban J connectivity index is 2.21. The Morgan fingerprint density at radius 1 is 1.32 bits per heavy atom. The van der Waals surface area contributed by atoms with Crippen molar-refractivity contribution in [3.63, 3.8) is 0 Å². The third kappa shape index (κ3) is 3.83. The van der Waals surface area contributed by atoms with Crippen LogP contribution in [0, 0.1) is 0 Å². The van der Waals surface area contributed by atoms with Crippen LogP contribution in [-0.4, -0.2) is 38.0 Å². The molecule has 0 aliphatic carbocycles. The van der Waals surface area contributed by atoms with E-state index in [1.807, 2.05) is 17.0 Å². The lowest BCUT2D eigenvalue weighted by molar-refractivity contribution is 0.586. The fourth-order valence-electron chi connectivity index (χ4n) is 2.20. The standard InChI is InChI=1S/C13H19ClN2O2S/c1-2-3-12-8-11(10-14)9-13(15-12)16-4-6-19(17,18)7-5-16/h8-9H,2-7,10H2,1H3. The van der Waals surface area contributed by atoms with Crippen molar-refractivity contribution >= 4 is 27.3 Å². The number of anilines is 1. The van der Waals surface area contributed by atoms with Gasteiger partial charge in [0.05, 0.1) is 11.5 Å². The first kappa shape index (κ1) is 14.6. The van der Waals surface area contributed by atoms with Crippen LogP contribution in [0.2, 0.25) is 0 Å². The molecule has 2 rings (SSSR count). The van der Waals surface area contributed by atoms with Crippen LogP contribution in [0.4, 0.5) is 5.82 Å². The van der Waals surface area contributed by atoms with Crippen molar-refractivity contribution in [2.45, 2.75) is 25.6 Å². The largest absolute Gasteiger partial charge is 0.355 e. The minimum absolute atomic E-state index is 0.211. The number of nitrogens with zero attached hydrogens (tertiary/aromatic N) is 2. The number of aryl methyl sites for hydroxylation is 1. The van der Waals surface area contributed by atoms with E-state index in [-0.39, 0.29) is 11.5 Å². The molecule has 0 saturated carbocycles. The van der Waals surface area contributed by atoms with Crippen LogP contribution in [0.1, 0.15) is 24.6 Å². The van der Waals surface area contributed by atoms with Crippen molar-refractivity contribution < 1.29 is 8.42 Å². The predicted molar refractivity (Wildman–Crippen MR) is 78.7 cm³/mol. The molecule has 0 atom stereocenters. The molecule has 0 bridgehead atoms. The van der Waals surface area contributed by atoms with Gasteiger partial charge in [0.15, 0.2) is 9.84 Å². The molecule has 4 nitrogen and oxygen atoms in total. The summed E-state index contributed by atoms with van der Waals surface area (Å²) in [4.78, 5) is 6.65.